The molecule has 0 spiro atoms. The SMILES string of the molecule is CCC(NC1CC2CC1C1CCCC21)c1cccc(Cl)c1. The molecule has 6 atom stereocenters. The fraction of sp³-hybridized carbons (Fsp3) is 0.684. The zero-order valence-corrected chi connectivity index (χ0v) is 13.7. The van der Waals surface area contributed by atoms with Crippen molar-refractivity contribution in [3.05, 3.63) is 34.9 Å². The van der Waals surface area contributed by atoms with Gasteiger partial charge in [-0.05, 0) is 73.5 Å². The minimum absolute atomic E-state index is 0.466. The first-order valence-corrected chi connectivity index (χ1v) is 9.15. The van der Waals surface area contributed by atoms with Gasteiger partial charge in [-0.2, -0.15) is 0 Å². The highest BCUT2D eigenvalue weighted by Gasteiger charge is 2.53. The van der Waals surface area contributed by atoms with Gasteiger partial charge >= 0.3 is 0 Å². The molecule has 114 valence electrons. The van der Waals surface area contributed by atoms with Crippen molar-refractivity contribution in [2.45, 2.75) is 57.5 Å². The second-order valence-corrected chi connectivity index (χ2v) is 7.88. The highest BCUT2D eigenvalue weighted by atomic mass is 35.5. The van der Waals surface area contributed by atoms with Gasteiger partial charge in [-0.1, -0.05) is 37.1 Å². The molecule has 1 nitrogen and oxygen atoms in total. The molecule has 0 aromatic heterocycles. The molecule has 6 unspecified atom stereocenters. The van der Waals surface area contributed by atoms with Gasteiger partial charge in [0.1, 0.15) is 0 Å². The molecule has 21 heavy (non-hydrogen) atoms. The molecule has 2 heteroatoms. The fourth-order valence-electron chi connectivity index (χ4n) is 5.69. The quantitative estimate of drug-likeness (QED) is 0.805. The van der Waals surface area contributed by atoms with Gasteiger partial charge in [0, 0.05) is 17.1 Å². The Hall–Kier alpha value is -0.530. The zero-order chi connectivity index (χ0) is 14.4. The van der Waals surface area contributed by atoms with Gasteiger partial charge in [0.05, 0.1) is 0 Å². The van der Waals surface area contributed by atoms with Crippen LogP contribution in [0.4, 0.5) is 0 Å². The van der Waals surface area contributed by atoms with Crippen LogP contribution < -0.4 is 5.32 Å². The minimum atomic E-state index is 0.466. The number of halogens is 1. The lowest BCUT2D eigenvalue weighted by molar-refractivity contribution is 0.197. The Morgan fingerprint density at radius 2 is 2.05 bits per heavy atom. The molecule has 0 radical (unpaired) electrons. The van der Waals surface area contributed by atoms with Crippen LogP contribution in [0.15, 0.2) is 24.3 Å². The summed E-state index contributed by atoms with van der Waals surface area (Å²) in [5, 5.41) is 4.85. The van der Waals surface area contributed by atoms with E-state index in [0.29, 0.717) is 6.04 Å². The lowest BCUT2D eigenvalue weighted by Crippen LogP contribution is -2.41. The first-order chi connectivity index (χ1) is 10.3. The molecule has 0 aliphatic heterocycles. The van der Waals surface area contributed by atoms with Crippen LogP contribution in [0.2, 0.25) is 5.02 Å². The largest absolute Gasteiger partial charge is 0.307 e. The summed E-state index contributed by atoms with van der Waals surface area (Å²) < 4.78 is 0. The molecule has 0 saturated heterocycles. The smallest absolute Gasteiger partial charge is 0.0409 e. The van der Waals surface area contributed by atoms with Gasteiger partial charge in [-0.3, -0.25) is 0 Å². The highest BCUT2D eigenvalue weighted by Crippen LogP contribution is 2.58. The average Bonchev–Trinajstić information content (AvgIpc) is 3.17. The Morgan fingerprint density at radius 1 is 1.19 bits per heavy atom. The van der Waals surface area contributed by atoms with Gasteiger partial charge in [0.15, 0.2) is 0 Å². The number of hydrogen-bond donors (Lipinski definition) is 1. The van der Waals surface area contributed by atoms with Crippen LogP contribution in [0, 0.1) is 23.7 Å². The molecule has 1 aromatic rings. The fourth-order valence-corrected chi connectivity index (χ4v) is 5.89. The van der Waals surface area contributed by atoms with Crippen molar-refractivity contribution in [2.75, 3.05) is 0 Å². The van der Waals surface area contributed by atoms with Gasteiger partial charge in [-0.15, -0.1) is 0 Å². The van der Waals surface area contributed by atoms with Gasteiger partial charge in [0.2, 0.25) is 0 Å². The number of nitrogens with one attached hydrogen (secondary N) is 1. The molecule has 3 aliphatic rings. The topological polar surface area (TPSA) is 12.0 Å². The number of benzene rings is 1. The van der Waals surface area contributed by atoms with E-state index in [1.54, 1.807) is 0 Å². The maximum atomic E-state index is 6.17. The van der Waals surface area contributed by atoms with Crippen molar-refractivity contribution in [2.24, 2.45) is 23.7 Å². The number of fused-ring (bicyclic) bond motifs is 5. The van der Waals surface area contributed by atoms with Gasteiger partial charge in [-0.25, -0.2) is 0 Å². The highest BCUT2D eigenvalue weighted by molar-refractivity contribution is 6.30. The van der Waals surface area contributed by atoms with Crippen LogP contribution in [0.5, 0.6) is 0 Å². The summed E-state index contributed by atoms with van der Waals surface area (Å²) in [4.78, 5) is 0. The van der Waals surface area contributed by atoms with E-state index in [0.717, 1.165) is 41.2 Å². The predicted octanol–water partition coefficient (Wildman–Crippen LogP) is 5.21. The third-order valence-electron chi connectivity index (χ3n) is 6.50. The Bertz CT molecular complexity index is 514. The van der Waals surface area contributed by atoms with Crippen LogP contribution >= 0.6 is 11.6 Å². The van der Waals surface area contributed by atoms with Crippen LogP contribution in [-0.4, -0.2) is 6.04 Å². The van der Waals surface area contributed by atoms with Crippen LogP contribution in [-0.2, 0) is 0 Å². The van der Waals surface area contributed by atoms with Crippen molar-refractivity contribution >= 4 is 11.6 Å². The average molecular weight is 304 g/mol. The van der Waals surface area contributed by atoms with Crippen molar-refractivity contribution in [3.8, 4) is 0 Å². The first-order valence-electron chi connectivity index (χ1n) is 8.77. The van der Waals surface area contributed by atoms with Crippen molar-refractivity contribution in [1.29, 1.82) is 0 Å². The molecule has 4 rings (SSSR count). The summed E-state index contributed by atoms with van der Waals surface area (Å²) >= 11 is 6.17. The molecule has 3 fully saturated rings. The van der Waals surface area contributed by atoms with Gasteiger partial charge in [0.25, 0.3) is 0 Å². The summed E-state index contributed by atoms with van der Waals surface area (Å²) in [6.45, 7) is 2.28. The number of rotatable bonds is 4. The summed E-state index contributed by atoms with van der Waals surface area (Å²) in [6.07, 6.45) is 8.56. The molecule has 2 bridgehead atoms. The first kappa shape index (κ1) is 14.1. The lowest BCUT2D eigenvalue weighted by atomic mass is 9.78. The van der Waals surface area contributed by atoms with E-state index in [1.807, 2.05) is 6.07 Å². The third-order valence-corrected chi connectivity index (χ3v) is 6.74. The predicted molar refractivity (Wildman–Crippen MR) is 88.5 cm³/mol. The molecule has 1 N–H and O–H groups in total. The summed E-state index contributed by atoms with van der Waals surface area (Å²) in [6, 6.07) is 9.62. The van der Waals surface area contributed by atoms with E-state index in [-0.39, 0.29) is 0 Å². The Kier molecular flexibility index (Phi) is 3.75. The second-order valence-electron chi connectivity index (χ2n) is 7.44. The lowest BCUT2D eigenvalue weighted by Gasteiger charge is -2.34. The maximum absolute atomic E-state index is 6.17. The summed E-state index contributed by atoms with van der Waals surface area (Å²) in [5.74, 6) is 4.10. The van der Waals surface area contributed by atoms with Crippen molar-refractivity contribution in [3.63, 3.8) is 0 Å². The summed E-state index contributed by atoms with van der Waals surface area (Å²) in [5.41, 5.74) is 1.36. The van der Waals surface area contributed by atoms with E-state index in [2.05, 4.69) is 30.4 Å². The van der Waals surface area contributed by atoms with Crippen LogP contribution in [0.25, 0.3) is 0 Å². The molecular weight excluding hydrogens is 278 g/mol. The van der Waals surface area contributed by atoms with Crippen molar-refractivity contribution in [1.82, 2.24) is 5.32 Å². The third kappa shape index (κ3) is 2.43. The molecular formula is C19H26ClN. The Morgan fingerprint density at radius 3 is 2.86 bits per heavy atom. The van der Waals surface area contributed by atoms with E-state index in [1.165, 1.54) is 37.7 Å². The van der Waals surface area contributed by atoms with E-state index >= 15 is 0 Å². The van der Waals surface area contributed by atoms with E-state index in [9.17, 15) is 0 Å². The van der Waals surface area contributed by atoms with E-state index < -0.39 is 0 Å². The van der Waals surface area contributed by atoms with Gasteiger partial charge < -0.3 is 5.32 Å². The molecule has 0 amide bonds. The monoisotopic (exact) mass is 303 g/mol. The van der Waals surface area contributed by atoms with Crippen LogP contribution in [0.1, 0.15) is 57.1 Å². The second kappa shape index (κ2) is 5.59. The standard InChI is InChI=1S/C19H26ClN/c1-2-18(12-5-3-6-14(20)9-12)21-19-11-13-10-17(19)16-8-4-7-15(13)16/h3,5-6,9,13,15-19,21H,2,4,7-8,10-11H2,1H3. The summed E-state index contributed by atoms with van der Waals surface area (Å²) in [7, 11) is 0. The zero-order valence-electron chi connectivity index (χ0n) is 12.9. The Labute approximate surface area is 133 Å². The molecule has 3 aliphatic carbocycles. The molecule has 0 heterocycles. The van der Waals surface area contributed by atoms with E-state index in [4.69, 9.17) is 11.6 Å². The Balaban J connectivity index is 1.48. The normalized spacial score (nSPS) is 38.7. The maximum Gasteiger partial charge on any atom is 0.0409 e. The van der Waals surface area contributed by atoms with Crippen molar-refractivity contribution < 1.29 is 0 Å². The molecule has 1 aromatic carbocycles. The molecule has 3 saturated carbocycles. The minimum Gasteiger partial charge on any atom is -0.307 e. The number of hydrogen-bond acceptors (Lipinski definition) is 1. The van der Waals surface area contributed by atoms with Crippen LogP contribution in [0.3, 0.4) is 0 Å².